The van der Waals surface area contributed by atoms with Crippen LogP contribution < -0.4 is 5.32 Å². The number of nitrogens with zero attached hydrogens (tertiary/aromatic N) is 1. The minimum Gasteiger partial charge on any atom is -0.480 e. The lowest BCUT2D eigenvalue weighted by Gasteiger charge is -2.22. The lowest BCUT2D eigenvalue weighted by atomic mass is 10.2. The predicted octanol–water partition coefficient (Wildman–Crippen LogP) is 0.300. The molecule has 104 valence electrons. The maximum absolute atomic E-state index is 11.7. The summed E-state index contributed by atoms with van der Waals surface area (Å²) < 4.78 is 4.37. The number of urea groups is 1. The molecule has 0 heterocycles. The van der Waals surface area contributed by atoms with Gasteiger partial charge in [0.1, 0.15) is 6.04 Å². The fraction of sp³-hybridized carbons (Fsp3) is 0.727. The molecule has 0 fully saturated rings. The number of rotatable bonds is 6. The second-order valence-electron chi connectivity index (χ2n) is 4.39. The van der Waals surface area contributed by atoms with E-state index in [1.165, 1.54) is 4.90 Å². The molecule has 7 heteroatoms. The van der Waals surface area contributed by atoms with Gasteiger partial charge in [0.2, 0.25) is 0 Å². The van der Waals surface area contributed by atoms with Crippen molar-refractivity contribution in [3.05, 3.63) is 0 Å². The number of carbonyl (C=O) groups excluding carboxylic acids is 2. The molecule has 0 rings (SSSR count). The summed E-state index contributed by atoms with van der Waals surface area (Å²) in [7, 11) is 2.72. The molecule has 2 amide bonds. The van der Waals surface area contributed by atoms with Crippen LogP contribution in [-0.4, -0.2) is 54.7 Å². The van der Waals surface area contributed by atoms with E-state index < -0.39 is 30.4 Å². The number of amides is 2. The van der Waals surface area contributed by atoms with E-state index in [2.05, 4.69) is 10.1 Å². The first kappa shape index (κ1) is 16.2. The Morgan fingerprint density at radius 2 is 1.89 bits per heavy atom. The minimum absolute atomic E-state index is 0.268. The number of hydrogen-bond acceptors (Lipinski definition) is 4. The number of carbonyl (C=O) groups is 3. The molecule has 0 aliphatic rings. The minimum atomic E-state index is -1.28. The Balaban J connectivity index is 4.45. The molecule has 7 nitrogen and oxygen atoms in total. The van der Waals surface area contributed by atoms with Gasteiger partial charge in [-0.05, 0) is 5.92 Å². The van der Waals surface area contributed by atoms with E-state index in [-0.39, 0.29) is 5.92 Å². The third-order valence-corrected chi connectivity index (χ3v) is 2.18. The zero-order valence-corrected chi connectivity index (χ0v) is 11.1. The molecule has 18 heavy (non-hydrogen) atoms. The van der Waals surface area contributed by atoms with Gasteiger partial charge < -0.3 is 20.1 Å². The van der Waals surface area contributed by atoms with E-state index in [0.717, 1.165) is 7.11 Å². The van der Waals surface area contributed by atoms with Gasteiger partial charge >= 0.3 is 18.0 Å². The first-order chi connectivity index (χ1) is 8.27. The summed E-state index contributed by atoms with van der Waals surface area (Å²) in [5.41, 5.74) is 0. The van der Waals surface area contributed by atoms with Crippen LogP contribution in [0, 0.1) is 5.92 Å². The highest BCUT2D eigenvalue weighted by Crippen LogP contribution is 2.00. The van der Waals surface area contributed by atoms with Gasteiger partial charge in [0, 0.05) is 13.6 Å². The topological polar surface area (TPSA) is 95.9 Å². The highest BCUT2D eigenvalue weighted by atomic mass is 16.5. The smallest absolute Gasteiger partial charge is 0.326 e. The summed E-state index contributed by atoms with van der Waals surface area (Å²) in [5.74, 6) is -1.69. The molecule has 0 spiro atoms. The van der Waals surface area contributed by atoms with Crippen LogP contribution in [0.1, 0.15) is 20.3 Å². The number of aliphatic carboxylic acids is 1. The molecule has 0 aliphatic heterocycles. The number of carboxylic acid groups (broad SMARTS) is 1. The van der Waals surface area contributed by atoms with Gasteiger partial charge in [0.05, 0.1) is 13.5 Å². The van der Waals surface area contributed by atoms with Gasteiger partial charge in [-0.2, -0.15) is 0 Å². The summed E-state index contributed by atoms with van der Waals surface area (Å²) in [6.45, 7) is 4.37. The average Bonchev–Trinajstić information content (AvgIpc) is 2.26. The van der Waals surface area contributed by atoms with Gasteiger partial charge in [-0.1, -0.05) is 13.8 Å². The fourth-order valence-corrected chi connectivity index (χ4v) is 1.34. The van der Waals surface area contributed by atoms with Crippen LogP contribution in [0.3, 0.4) is 0 Å². The largest absolute Gasteiger partial charge is 0.480 e. The molecule has 0 aliphatic carbocycles. The van der Waals surface area contributed by atoms with Crippen molar-refractivity contribution < 1.29 is 24.2 Å². The van der Waals surface area contributed by atoms with Crippen LogP contribution in [0.2, 0.25) is 0 Å². The van der Waals surface area contributed by atoms with Crippen LogP contribution in [0.25, 0.3) is 0 Å². The summed E-state index contributed by atoms with van der Waals surface area (Å²) in [6.07, 6.45) is -0.396. The van der Waals surface area contributed by atoms with Crippen molar-refractivity contribution in [1.29, 1.82) is 0 Å². The number of carboxylic acids is 1. The Morgan fingerprint density at radius 1 is 1.33 bits per heavy atom. The Bertz CT molecular complexity index is 317. The fourth-order valence-electron chi connectivity index (χ4n) is 1.34. The van der Waals surface area contributed by atoms with E-state index in [1.54, 1.807) is 7.05 Å². The lowest BCUT2D eigenvalue weighted by molar-refractivity contribution is -0.147. The molecular weight excluding hydrogens is 240 g/mol. The highest BCUT2D eigenvalue weighted by Gasteiger charge is 2.25. The number of nitrogens with one attached hydrogen (secondary N) is 1. The molecule has 0 aromatic heterocycles. The predicted molar refractivity (Wildman–Crippen MR) is 64.1 cm³/mol. The summed E-state index contributed by atoms with van der Waals surface area (Å²) in [5, 5.41) is 11.2. The molecule has 0 unspecified atom stereocenters. The van der Waals surface area contributed by atoms with Crippen molar-refractivity contribution in [2.24, 2.45) is 5.92 Å². The van der Waals surface area contributed by atoms with Crippen molar-refractivity contribution in [2.45, 2.75) is 26.3 Å². The molecule has 2 N–H and O–H groups in total. The van der Waals surface area contributed by atoms with Crippen molar-refractivity contribution in [1.82, 2.24) is 10.2 Å². The molecule has 0 saturated carbocycles. The third-order valence-electron chi connectivity index (χ3n) is 2.18. The van der Waals surface area contributed by atoms with E-state index in [0.29, 0.717) is 6.54 Å². The normalized spacial score (nSPS) is 11.8. The van der Waals surface area contributed by atoms with E-state index in [4.69, 9.17) is 5.11 Å². The Labute approximate surface area is 106 Å². The molecular formula is C11H20N2O5. The lowest BCUT2D eigenvalue weighted by Crippen LogP contribution is -2.48. The van der Waals surface area contributed by atoms with Gasteiger partial charge in [0.15, 0.2) is 0 Å². The summed E-state index contributed by atoms with van der Waals surface area (Å²) >= 11 is 0. The SMILES string of the molecule is COC(=O)C[C@H](NC(=O)N(C)CC(C)C)C(=O)O. The maximum Gasteiger partial charge on any atom is 0.326 e. The Kier molecular flexibility index (Phi) is 6.77. The third kappa shape index (κ3) is 6.07. The van der Waals surface area contributed by atoms with Crippen molar-refractivity contribution in [3.63, 3.8) is 0 Å². The molecule has 0 aromatic carbocycles. The number of methoxy groups -OCH3 is 1. The maximum atomic E-state index is 11.7. The van der Waals surface area contributed by atoms with Crippen molar-refractivity contribution in [2.75, 3.05) is 20.7 Å². The van der Waals surface area contributed by atoms with Gasteiger partial charge in [0.25, 0.3) is 0 Å². The van der Waals surface area contributed by atoms with Crippen LogP contribution in [-0.2, 0) is 14.3 Å². The van der Waals surface area contributed by atoms with Gasteiger partial charge in [-0.3, -0.25) is 4.79 Å². The zero-order valence-electron chi connectivity index (χ0n) is 11.1. The number of hydrogen-bond donors (Lipinski definition) is 2. The molecule has 1 atom stereocenters. The van der Waals surface area contributed by atoms with Gasteiger partial charge in [-0.15, -0.1) is 0 Å². The van der Waals surface area contributed by atoms with Crippen LogP contribution >= 0.6 is 0 Å². The first-order valence-corrected chi connectivity index (χ1v) is 5.59. The Morgan fingerprint density at radius 3 is 2.28 bits per heavy atom. The Hall–Kier alpha value is -1.79. The molecule has 0 bridgehead atoms. The van der Waals surface area contributed by atoms with E-state index in [9.17, 15) is 14.4 Å². The molecule has 0 aromatic rings. The standard InChI is InChI=1S/C11H20N2O5/c1-7(2)6-13(3)11(17)12-8(10(15)16)5-9(14)18-4/h7-8H,5-6H2,1-4H3,(H,12,17)(H,15,16)/t8-/m0/s1. The summed E-state index contributed by atoms with van der Waals surface area (Å²) in [6, 6.07) is -1.81. The van der Waals surface area contributed by atoms with Crippen LogP contribution in [0.5, 0.6) is 0 Å². The van der Waals surface area contributed by atoms with Crippen molar-refractivity contribution >= 4 is 18.0 Å². The first-order valence-electron chi connectivity index (χ1n) is 5.59. The molecule has 0 radical (unpaired) electrons. The number of ether oxygens (including phenoxy) is 1. The summed E-state index contributed by atoms with van der Waals surface area (Å²) in [4.78, 5) is 34.9. The van der Waals surface area contributed by atoms with E-state index >= 15 is 0 Å². The monoisotopic (exact) mass is 260 g/mol. The van der Waals surface area contributed by atoms with E-state index in [1.807, 2.05) is 13.8 Å². The zero-order chi connectivity index (χ0) is 14.3. The van der Waals surface area contributed by atoms with Crippen molar-refractivity contribution in [3.8, 4) is 0 Å². The average molecular weight is 260 g/mol. The van der Waals surface area contributed by atoms with Crippen LogP contribution in [0.4, 0.5) is 4.79 Å². The second kappa shape index (κ2) is 7.52. The number of esters is 1. The van der Waals surface area contributed by atoms with Gasteiger partial charge in [-0.25, -0.2) is 9.59 Å². The second-order valence-corrected chi connectivity index (χ2v) is 4.39. The quantitative estimate of drug-likeness (QED) is 0.670. The molecule has 0 saturated heterocycles. The van der Waals surface area contributed by atoms with Crippen LogP contribution in [0.15, 0.2) is 0 Å². The highest BCUT2D eigenvalue weighted by molar-refractivity contribution is 5.86.